The highest BCUT2D eigenvalue weighted by Gasteiger charge is 2.54. The molecule has 1 spiro atoms. The van der Waals surface area contributed by atoms with Gasteiger partial charge >= 0.3 is 6.03 Å². The second-order valence-electron chi connectivity index (χ2n) is 7.47. The Hall–Kier alpha value is -3.15. The lowest BCUT2D eigenvalue weighted by molar-refractivity contribution is -0.139. The first-order valence-electron chi connectivity index (χ1n) is 9.52. The Labute approximate surface area is 164 Å². The number of nitrogens with one attached hydrogen (secondary N) is 1. The number of hydrogen-bond donors (Lipinski definition) is 1. The molecular formula is C22H23N3O3. The molecule has 0 saturated carbocycles. The molecule has 144 valence electrons. The predicted molar refractivity (Wildman–Crippen MR) is 104 cm³/mol. The third kappa shape index (κ3) is 3.05. The third-order valence-electron chi connectivity index (χ3n) is 5.63. The van der Waals surface area contributed by atoms with E-state index in [-0.39, 0.29) is 18.4 Å². The first-order valence-corrected chi connectivity index (χ1v) is 9.52. The van der Waals surface area contributed by atoms with Gasteiger partial charge in [-0.1, -0.05) is 54.6 Å². The summed E-state index contributed by atoms with van der Waals surface area (Å²) in [6, 6.07) is 16.8. The van der Waals surface area contributed by atoms with Crippen molar-refractivity contribution in [2.45, 2.75) is 31.3 Å². The van der Waals surface area contributed by atoms with Crippen molar-refractivity contribution in [2.75, 3.05) is 13.6 Å². The average Bonchev–Trinajstić information content (AvgIpc) is 2.94. The molecule has 0 unspecified atom stereocenters. The number of hydrogen-bond acceptors (Lipinski definition) is 3. The van der Waals surface area contributed by atoms with Crippen LogP contribution in [0.4, 0.5) is 4.79 Å². The second kappa shape index (κ2) is 7.11. The number of aryl methyl sites for hydroxylation is 1. The van der Waals surface area contributed by atoms with Gasteiger partial charge in [0.25, 0.3) is 5.91 Å². The molecule has 1 aliphatic heterocycles. The summed E-state index contributed by atoms with van der Waals surface area (Å²) in [6.45, 7) is 0.176. The van der Waals surface area contributed by atoms with E-state index in [0.29, 0.717) is 13.0 Å². The molecule has 4 amide bonds. The predicted octanol–water partition coefficient (Wildman–Crippen LogP) is 2.43. The van der Waals surface area contributed by atoms with E-state index in [4.69, 9.17) is 0 Å². The van der Waals surface area contributed by atoms with Crippen LogP contribution < -0.4 is 5.32 Å². The van der Waals surface area contributed by atoms with Crippen LogP contribution in [0.3, 0.4) is 0 Å². The fourth-order valence-corrected chi connectivity index (χ4v) is 4.16. The molecule has 6 nitrogen and oxygen atoms in total. The molecule has 4 rings (SSSR count). The van der Waals surface area contributed by atoms with Gasteiger partial charge in [-0.15, -0.1) is 0 Å². The van der Waals surface area contributed by atoms with Gasteiger partial charge in [-0.25, -0.2) is 4.79 Å². The summed E-state index contributed by atoms with van der Waals surface area (Å²) in [6.07, 6.45) is 2.26. The van der Waals surface area contributed by atoms with E-state index in [9.17, 15) is 14.4 Å². The van der Waals surface area contributed by atoms with E-state index in [1.54, 1.807) is 7.05 Å². The molecule has 1 heterocycles. The summed E-state index contributed by atoms with van der Waals surface area (Å²) in [5.74, 6) is -0.598. The van der Waals surface area contributed by atoms with Crippen molar-refractivity contribution in [1.82, 2.24) is 15.1 Å². The van der Waals surface area contributed by atoms with Crippen LogP contribution in [-0.4, -0.2) is 41.2 Å². The van der Waals surface area contributed by atoms with Crippen molar-refractivity contribution in [2.24, 2.45) is 0 Å². The Kier molecular flexibility index (Phi) is 4.63. The highest BCUT2D eigenvalue weighted by atomic mass is 16.2. The number of nitrogens with zero attached hydrogens (tertiary/aromatic N) is 2. The van der Waals surface area contributed by atoms with Crippen molar-refractivity contribution < 1.29 is 14.4 Å². The minimum atomic E-state index is -1.04. The molecule has 0 radical (unpaired) electrons. The molecule has 2 aromatic rings. The topological polar surface area (TPSA) is 69.7 Å². The summed E-state index contributed by atoms with van der Waals surface area (Å²) >= 11 is 0. The Morgan fingerprint density at radius 1 is 1.11 bits per heavy atom. The van der Waals surface area contributed by atoms with Gasteiger partial charge in [-0.05, 0) is 36.0 Å². The standard InChI is InChI=1S/C22H23N3O3/c1-24(14-16-8-3-2-4-9-16)19(26)15-25-20(27)22(23-21(25)28)13-7-11-17-10-5-6-12-18(17)22/h2-6,8-10,12H,7,11,13-15H2,1H3,(H,23,28)/t22-/m1/s1. The van der Waals surface area contributed by atoms with Crippen LogP contribution in [0.15, 0.2) is 54.6 Å². The van der Waals surface area contributed by atoms with E-state index >= 15 is 0 Å². The summed E-state index contributed by atoms with van der Waals surface area (Å²) in [4.78, 5) is 41.1. The zero-order chi connectivity index (χ0) is 19.7. The summed E-state index contributed by atoms with van der Waals surface area (Å²) < 4.78 is 0. The van der Waals surface area contributed by atoms with Gasteiger partial charge in [-0.3, -0.25) is 14.5 Å². The fourth-order valence-electron chi connectivity index (χ4n) is 4.16. The molecule has 1 saturated heterocycles. The summed E-state index contributed by atoms with van der Waals surface area (Å²) in [7, 11) is 1.68. The molecule has 1 N–H and O–H groups in total. The first kappa shape index (κ1) is 18.2. The molecule has 1 aliphatic carbocycles. The minimum Gasteiger partial charge on any atom is -0.340 e. The molecule has 2 aromatic carbocycles. The van der Waals surface area contributed by atoms with E-state index in [1.807, 2.05) is 54.6 Å². The smallest absolute Gasteiger partial charge is 0.325 e. The number of fused-ring (bicyclic) bond motifs is 2. The number of benzene rings is 2. The first-order chi connectivity index (χ1) is 13.5. The maximum Gasteiger partial charge on any atom is 0.325 e. The van der Waals surface area contributed by atoms with Crippen molar-refractivity contribution in [3.8, 4) is 0 Å². The summed E-state index contributed by atoms with van der Waals surface area (Å²) in [5, 5.41) is 2.89. The van der Waals surface area contributed by atoms with Gasteiger partial charge in [0.05, 0.1) is 0 Å². The number of imide groups is 1. The average molecular weight is 377 g/mol. The molecular weight excluding hydrogens is 354 g/mol. The molecule has 1 atom stereocenters. The van der Waals surface area contributed by atoms with E-state index in [0.717, 1.165) is 34.4 Å². The quantitative estimate of drug-likeness (QED) is 0.832. The molecule has 28 heavy (non-hydrogen) atoms. The van der Waals surface area contributed by atoms with Crippen LogP contribution in [0.1, 0.15) is 29.5 Å². The lowest BCUT2D eigenvalue weighted by Gasteiger charge is -2.33. The Balaban J connectivity index is 1.52. The molecule has 0 aromatic heterocycles. The van der Waals surface area contributed by atoms with E-state index in [1.165, 1.54) is 4.90 Å². The zero-order valence-corrected chi connectivity index (χ0v) is 15.9. The van der Waals surface area contributed by atoms with Gasteiger partial charge in [0.1, 0.15) is 12.1 Å². The lowest BCUT2D eigenvalue weighted by Crippen LogP contribution is -2.47. The third-order valence-corrected chi connectivity index (χ3v) is 5.63. The highest BCUT2D eigenvalue weighted by Crippen LogP contribution is 2.39. The van der Waals surface area contributed by atoms with Crippen LogP contribution in [0, 0.1) is 0 Å². The second-order valence-corrected chi connectivity index (χ2v) is 7.47. The van der Waals surface area contributed by atoms with Crippen LogP contribution in [-0.2, 0) is 28.1 Å². The van der Waals surface area contributed by atoms with E-state index in [2.05, 4.69) is 5.32 Å². The monoisotopic (exact) mass is 377 g/mol. The number of carbonyl (C=O) groups excluding carboxylic acids is 3. The molecule has 0 bridgehead atoms. The molecule has 1 fully saturated rings. The van der Waals surface area contributed by atoms with Gasteiger partial charge in [0.2, 0.25) is 5.91 Å². The number of urea groups is 1. The van der Waals surface area contributed by atoms with Crippen molar-refractivity contribution in [3.63, 3.8) is 0 Å². The lowest BCUT2D eigenvalue weighted by atomic mass is 9.76. The molecule has 2 aliphatic rings. The number of carbonyl (C=O) groups is 3. The molecule has 6 heteroatoms. The largest absolute Gasteiger partial charge is 0.340 e. The van der Waals surface area contributed by atoms with Crippen LogP contribution in [0.25, 0.3) is 0 Å². The van der Waals surface area contributed by atoms with Gasteiger partial charge in [-0.2, -0.15) is 0 Å². The number of likely N-dealkylation sites (N-methyl/N-ethyl adjacent to an activating group) is 1. The maximum absolute atomic E-state index is 13.2. The van der Waals surface area contributed by atoms with Crippen molar-refractivity contribution in [1.29, 1.82) is 0 Å². The fraction of sp³-hybridized carbons (Fsp3) is 0.318. The van der Waals surface area contributed by atoms with Crippen LogP contribution in [0.2, 0.25) is 0 Å². The van der Waals surface area contributed by atoms with Gasteiger partial charge < -0.3 is 10.2 Å². The normalized spacial score (nSPS) is 20.8. The van der Waals surface area contributed by atoms with E-state index < -0.39 is 11.6 Å². The Bertz CT molecular complexity index is 928. The maximum atomic E-state index is 13.2. The van der Waals surface area contributed by atoms with Crippen molar-refractivity contribution in [3.05, 3.63) is 71.3 Å². The SMILES string of the molecule is CN(Cc1ccccc1)C(=O)CN1C(=O)N[C@@]2(CCCc3ccccc32)C1=O. The number of rotatable bonds is 4. The van der Waals surface area contributed by atoms with Gasteiger partial charge in [0, 0.05) is 13.6 Å². The minimum absolute atomic E-state index is 0.252. The number of amides is 4. The van der Waals surface area contributed by atoms with Crippen molar-refractivity contribution >= 4 is 17.8 Å². The van der Waals surface area contributed by atoms with Gasteiger partial charge in [0.15, 0.2) is 0 Å². The van der Waals surface area contributed by atoms with Crippen LogP contribution >= 0.6 is 0 Å². The Morgan fingerprint density at radius 3 is 2.61 bits per heavy atom. The summed E-state index contributed by atoms with van der Waals surface area (Å²) in [5.41, 5.74) is 1.89. The van der Waals surface area contributed by atoms with Crippen LogP contribution in [0.5, 0.6) is 0 Å². The zero-order valence-electron chi connectivity index (χ0n) is 15.9. The Morgan fingerprint density at radius 2 is 1.82 bits per heavy atom. The highest BCUT2D eigenvalue weighted by molar-refractivity contribution is 6.09.